The molecule has 0 N–H and O–H groups in total. The molecule has 0 amide bonds. The second-order valence-corrected chi connectivity index (χ2v) is 19.3. The van der Waals surface area contributed by atoms with Crippen molar-refractivity contribution in [2.75, 3.05) is 9.80 Å². The highest BCUT2D eigenvalue weighted by Crippen LogP contribution is 2.59. The minimum absolute atomic E-state index is 0.00577. The number of hydrogen-bond acceptors (Lipinski definition) is 2. The van der Waals surface area contributed by atoms with Crippen LogP contribution in [-0.4, -0.2) is 6.71 Å². The van der Waals surface area contributed by atoms with Crippen molar-refractivity contribution < 1.29 is 0 Å². The molecule has 0 spiro atoms. The average Bonchev–Trinajstić information content (AvgIpc) is 3.71. The number of nitrogens with zero attached hydrogens (tertiary/aromatic N) is 2. The van der Waals surface area contributed by atoms with E-state index in [2.05, 4.69) is 204 Å². The number of anilines is 6. The Morgan fingerprint density at radius 3 is 1.79 bits per heavy atom. The summed E-state index contributed by atoms with van der Waals surface area (Å²) < 4.78 is 0. The van der Waals surface area contributed by atoms with Crippen LogP contribution in [0.2, 0.25) is 0 Å². The third kappa shape index (κ3) is 4.77. The molecule has 13 rings (SSSR count). The molecule has 62 heavy (non-hydrogen) atoms. The molecule has 0 saturated heterocycles. The van der Waals surface area contributed by atoms with E-state index in [4.69, 9.17) is 0 Å². The van der Waals surface area contributed by atoms with Crippen molar-refractivity contribution in [2.45, 2.75) is 60.3 Å². The van der Waals surface area contributed by atoms with Crippen LogP contribution in [0.5, 0.6) is 0 Å². The monoisotopic (exact) mass is 794 g/mol. The molecule has 296 valence electrons. The summed E-state index contributed by atoms with van der Waals surface area (Å²) >= 11 is 0. The molecule has 0 saturated carbocycles. The van der Waals surface area contributed by atoms with E-state index in [-0.39, 0.29) is 12.1 Å². The number of benzene rings is 9. The molecule has 4 aliphatic rings. The molecule has 0 aromatic heterocycles. The van der Waals surface area contributed by atoms with Gasteiger partial charge in [-0.15, -0.1) is 0 Å². The largest absolute Gasteiger partial charge is 0.307 e. The van der Waals surface area contributed by atoms with Gasteiger partial charge in [0.25, 0.3) is 0 Å². The number of hydrogen-bond donors (Lipinski definition) is 0. The van der Waals surface area contributed by atoms with Gasteiger partial charge in [0, 0.05) is 16.8 Å². The lowest BCUT2D eigenvalue weighted by molar-refractivity contribution is 0.660. The van der Waals surface area contributed by atoms with Gasteiger partial charge in [-0.05, 0) is 154 Å². The van der Waals surface area contributed by atoms with Gasteiger partial charge in [-0.3, -0.25) is 0 Å². The van der Waals surface area contributed by atoms with E-state index in [0.29, 0.717) is 0 Å². The fourth-order valence-electron chi connectivity index (χ4n) is 12.3. The second-order valence-electron chi connectivity index (χ2n) is 19.3. The Labute approximate surface area is 365 Å². The maximum Gasteiger partial charge on any atom is 0.248 e. The molecule has 0 radical (unpaired) electrons. The molecule has 9 aromatic carbocycles. The highest BCUT2D eigenvalue weighted by Gasteiger charge is 2.46. The van der Waals surface area contributed by atoms with Gasteiger partial charge < -0.3 is 9.80 Å². The van der Waals surface area contributed by atoms with Crippen LogP contribution in [0.4, 0.5) is 34.1 Å². The van der Waals surface area contributed by atoms with Crippen LogP contribution in [0.3, 0.4) is 0 Å². The highest BCUT2D eigenvalue weighted by atomic mass is 15.3. The van der Waals surface area contributed by atoms with Gasteiger partial charge in [-0.25, -0.2) is 0 Å². The normalized spacial score (nSPS) is 14.7. The molecular formula is C59H47BN2. The van der Waals surface area contributed by atoms with Crippen LogP contribution in [0, 0.1) is 34.6 Å². The Morgan fingerprint density at radius 2 is 1.05 bits per heavy atom. The zero-order chi connectivity index (χ0) is 41.9. The topological polar surface area (TPSA) is 6.48 Å². The van der Waals surface area contributed by atoms with Crippen LogP contribution in [0.1, 0.15) is 63.9 Å². The molecule has 0 bridgehead atoms. The van der Waals surface area contributed by atoms with E-state index in [9.17, 15) is 0 Å². The number of fused-ring (bicyclic) bond motifs is 13. The summed E-state index contributed by atoms with van der Waals surface area (Å²) in [5, 5.41) is 5.06. The van der Waals surface area contributed by atoms with E-state index in [0.717, 1.165) is 6.42 Å². The van der Waals surface area contributed by atoms with Crippen molar-refractivity contribution in [3.63, 3.8) is 0 Å². The Balaban J connectivity index is 1.17. The van der Waals surface area contributed by atoms with Crippen molar-refractivity contribution in [3.8, 4) is 22.3 Å². The third-order valence-electron chi connectivity index (χ3n) is 15.0. The first kappa shape index (κ1) is 35.9. The lowest BCUT2D eigenvalue weighted by Crippen LogP contribution is -2.59. The van der Waals surface area contributed by atoms with Crippen LogP contribution in [0.25, 0.3) is 43.8 Å². The molecule has 2 heterocycles. The second kappa shape index (κ2) is 12.4. The van der Waals surface area contributed by atoms with Crippen LogP contribution in [0.15, 0.2) is 146 Å². The van der Waals surface area contributed by atoms with E-state index in [1.807, 2.05) is 0 Å². The summed E-state index contributed by atoms with van der Waals surface area (Å²) in [4.78, 5) is 5.28. The summed E-state index contributed by atoms with van der Waals surface area (Å²) in [6, 6.07) is 56.8. The van der Waals surface area contributed by atoms with E-state index in [1.54, 1.807) is 0 Å². The van der Waals surface area contributed by atoms with Gasteiger partial charge in [-0.2, -0.15) is 0 Å². The van der Waals surface area contributed by atoms with Gasteiger partial charge in [0.2, 0.25) is 6.71 Å². The van der Waals surface area contributed by atoms with Crippen LogP contribution in [-0.2, 0) is 11.8 Å². The quantitative estimate of drug-likeness (QED) is 0.161. The lowest BCUT2D eigenvalue weighted by Gasteiger charge is -2.47. The van der Waals surface area contributed by atoms with Crippen LogP contribution < -0.4 is 26.2 Å². The fraction of sp³-hybridized carbons (Fsp3) is 0.153. The van der Waals surface area contributed by atoms with Gasteiger partial charge in [-0.1, -0.05) is 156 Å². The molecule has 3 heteroatoms. The summed E-state index contributed by atoms with van der Waals surface area (Å²) in [6.45, 7) is 16.2. The molecule has 2 aliphatic heterocycles. The standard InChI is InChI=1S/C59H47BN2/c1-33-16-19-44-41(24-33)26-42-27-43(18-21-45(42)44)61-53-28-38-12-8-9-13-39(38)29-54(53)62-52-32-50-48(47-20-17-34(2)25-49(47)59(50,6)7)31-51(52)60(56-36(4)22-35(3)23-37(56)5)57-46-15-11-10-14-40(46)30-55(61)58(57)62/h8-25,27-32H,26H2,1-7H3. The Kier molecular flexibility index (Phi) is 7.17. The maximum absolute atomic E-state index is 2.68. The average molecular weight is 795 g/mol. The zero-order valence-corrected chi connectivity index (χ0v) is 36.5. The Morgan fingerprint density at radius 1 is 0.452 bits per heavy atom. The summed E-state index contributed by atoms with van der Waals surface area (Å²) in [5.41, 5.74) is 29.1. The van der Waals surface area contributed by atoms with Crippen molar-refractivity contribution in [1.82, 2.24) is 0 Å². The van der Waals surface area contributed by atoms with E-state index in [1.165, 1.54) is 144 Å². The molecule has 0 fully saturated rings. The van der Waals surface area contributed by atoms with E-state index < -0.39 is 0 Å². The SMILES string of the molecule is Cc1cc(C)c(B2c3cc4c(cc3N3c5cc6ccccc6cc5N(c5ccc6c(c5)Cc5cc(C)ccc5-6)c5cc6ccccc6c2c53)C(C)(C)c2cc(C)ccc2-4)c(C)c1. The van der Waals surface area contributed by atoms with Gasteiger partial charge in [0.15, 0.2) is 0 Å². The third-order valence-corrected chi connectivity index (χ3v) is 15.0. The van der Waals surface area contributed by atoms with Crippen LogP contribution >= 0.6 is 0 Å². The Hall–Kier alpha value is -6.84. The first-order chi connectivity index (χ1) is 30.0. The lowest BCUT2D eigenvalue weighted by atomic mass is 9.33. The molecule has 2 nitrogen and oxygen atoms in total. The molecule has 0 atom stereocenters. The number of rotatable bonds is 2. The summed E-state index contributed by atoms with van der Waals surface area (Å²) in [5.74, 6) is 0. The van der Waals surface area contributed by atoms with Crippen molar-refractivity contribution in [3.05, 3.63) is 196 Å². The molecule has 0 unspecified atom stereocenters. The first-order valence-electron chi connectivity index (χ1n) is 22.3. The predicted molar refractivity (Wildman–Crippen MR) is 265 cm³/mol. The molecular weight excluding hydrogens is 747 g/mol. The maximum atomic E-state index is 2.68. The van der Waals surface area contributed by atoms with Gasteiger partial charge in [0.1, 0.15) is 0 Å². The molecule has 9 aromatic rings. The van der Waals surface area contributed by atoms with Gasteiger partial charge >= 0.3 is 0 Å². The Bertz CT molecular complexity index is 3480. The van der Waals surface area contributed by atoms with E-state index >= 15 is 0 Å². The summed E-state index contributed by atoms with van der Waals surface area (Å²) in [6.07, 6.45) is 0.949. The predicted octanol–water partition coefficient (Wildman–Crippen LogP) is 13.5. The van der Waals surface area contributed by atoms with Crippen molar-refractivity contribution >= 4 is 78.8 Å². The zero-order valence-electron chi connectivity index (χ0n) is 36.5. The van der Waals surface area contributed by atoms with Gasteiger partial charge in [0.05, 0.1) is 22.7 Å². The minimum Gasteiger partial charge on any atom is -0.307 e. The fourth-order valence-corrected chi connectivity index (χ4v) is 12.3. The van der Waals surface area contributed by atoms with Crippen molar-refractivity contribution in [2.24, 2.45) is 0 Å². The summed E-state index contributed by atoms with van der Waals surface area (Å²) in [7, 11) is 0. The molecule has 2 aliphatic carbocycles. The minimum atomic E-state index is -0.155. The smallest absolute Gasteiger partial charge is 0.248 e. The van der Waals surface area contributed by atoms with Crippen molar-refractivity contribution in [1.29, 1.82) is 0 Å². The first-order valence-corrected chi connectivity index (χ1v) is 22.3. The number of aryl methyl sites for hydroxylation is 5. The highest BCUT2D eigenvalue weighted by molar-refractivity contribution is 7.00.